The molecule has 0 bridgehead atoms. The molecule has 0 saturated heterocycles. The van der Waals surface area contributed by atoms with Gasteiger partial charge in [-0.05, 0) is 0 Å². The Kier molecular flexibility index (Phi) is 8.01. The van der Waals surface area contributed by atoms with Crippen LogP contribution in [-0.4, -0.2) is 0 Å². The smallest absolute Gasteiger partial charge is 1.00 e. The van der Waals surface area contributed by atoms with E-state index in [0.717, 1.165) is 12.8 Å². The molecule has 6 rings (SSSR count). The number of hydrogen-bond acceptors (Lipinski definition) is 0. The second kappa shape index (κ2) is 10.8. The number of allylic oxidation sites excluding steroid dienone is 2. The third-order valence-electron chi connectivity index (χ3n) is 7.24. The summed E-state index contributed by atoms with van der Waals surface area (Å²) >= 11 is -1.32. The summed E-state index contributed by atoms with van der Waals surface area (Å²) in [6.07, 6.45) is 6.19. The minimum atomic E-state index is -1.32. The van der Waals surface area contributed by atoms with Crippen molar-refractivity contribution in [2.24, 2.45) is 0 Å². The number of fused-ring (bicyclic) bond motifs is 6. The fraction of sp³-hybridized carbons (Fsp3) is 0.125. The third-order valence-corrected chi connectivity index (χ3v) is 12.3. The molecule has 0 fully saturated rings. The maximum Gasteiger partial charge on any atom is -1.00 e. The van der Waals surface area contributed by atoms with E-state index in [4.69, 9.17) is 0 Å². The summed E-state index contributed by atoms with van der Waals surface area (Å²) in [5.41, 5.74) is 11.8. The minimum absolute atomic E-state index is 0. The summed E-state index contributed by atoms with van der Waals surface area (Å²) in [6.45, 7) is 8.18. The van der Waals surface area contributed by atoms with E-state index in [1.807, 2.05) is 0 Å². The Bertz CT molecular complexity index is 1300. The SMILES string of the molecule is C=CCC1c2ccccc2-c2ccc[c]([Hf+2][c]3cccc4c3C(CC=C)c3ccccc3-4)c21.[Cl-].[Cl-]. The molecule has 0 spiro atoms. The molecule has 3 heteroatoms. The van der Waals surface area contributed by atoms with Gasteiger partial charge in [0.05, 0.1) is 0 Å². The summed E-state index contributed by atoms with van der Waals surface area (Å²) < 4.78 is 3.27. The quantitative estimate of drug-likeness (QED) is 0.215. The van der Waals surface area contributed by atoms with Gasteiger partial charge in [-0.15, -0.1) is 0 Å². The summed E-state index contributed by atoms with van der Waals surface area (Å²) in [5.74, 6) is 0.880. The van der Waals surface area contributed by atoms with Crippen LogP contribution >= 0.6 is 0 Å². The maximum atomic E-state index is 4.09. The molecule has 0 saturated carbocycles. The molecule has 4 aromatic rings. The number of benzene rings is 4. The van der Waals surface area contributed by atoms with Gasteiger partial charge in [0.15, 0.2) is 0 Å². The van der Waals surface area contributed by atoms with Crippen LogP contribution in [0.1, 0.15) is 46.9 Å². The monoisotopic (exact) mass is 660 g/mol. The minimum Gasteiger partial charge on any atom is -1.00 e. The van der Waals surface area contributed by atoms with Crippen LogP contribution < -0.4 is 31.5 Å². The zero-order valence-electron chi connectivity index (χ0n) is 19.5. The Morgan fingerprint density at radius 1 is 0.543 bits per heavy atom. The molecule has 2 aliphatic rings. The van der Waals surface area contributed by atoms with Crippen LogP contribution in [0.15, 0.2) is 110 Å². The van der Waals surface area contributed by atoms with Crippen LogP contribution in [0, 0.1) is 0 Å². The van der Waals surface area contributed by atoms with E-state index in [-0.39, 0.29) is 24.8 Å². The Morgan fingerprint density at radius 3 is 1.37 bits per heavy atom. The van der Waals surface area contributed by atoms with Crippen molar-refractivity contribution >= 4 is 6.64 Å². The van der Waals surface area contributed by atoms with Gasteiger partial charge >= 0.3 is 209 Å². The van der Waals surface area contributed by atoms with Crippen LogP contribution in [0.4, 0.5) is 0 Å². The summed E-state index contributed by atoms with van der Waals surface area (Å²) in [5, 5.41) is 0. The Hall–Kier alpha value is -2.19. The first-order valence-electron chi connectivity index (χ1n) is 11.7. The molecule has 0 heterocycles. The van der Waals surface area contributed by atoms with E-state index in [9.17, 15) is 0 Å². The summed E-state index contributed by atoms with van der Waals surface area (Å²) in [4.78, 5) is 0. The predicted molar refractivity (Wildman–Crippen MR) is 136 cm³/mol. The number of rotatable bonds is 6. The van der Waals surface area contributed by atoms with Crippen molar-refractivity contribution < 1.29 is 47.7 Å². The van der Waals surface area contributed by atoms with Gasteiger partial charge in [0, 0.05) is 0 Å². The molecule has 172 valence electrons. The van der Waals surface area contributed by atoms with E-state index in [1.54, 1.807) is 17.8 Å². The molecule has 0 N–H and O–H groups in total. The van der Waals surface area contributed by atoms with Crippen molar-refractivity contribution in [3.8, 4) is 22.3 Å². The summed E-state index contributed by atoms with van der Waals surface area (Å²) in [7, 11) is 0. The predicted octanol–water partition coefficient (Wildman–Crippen LogP) is 1.10. The third kappa shape index (κ3) is 4.22. The van der Waals surface area contributed by atoms with E-state index in [1.165, 1.54) is 33.4 Å². The first-order valence-corrected chi connectivity index (χ1v) is 15.3. The molecule has 4 aromatic carbocycles. The molecule has 2 aliphatic carbocycles. The van der Waals surface area contributed by atoms with Crippen molar-refractivity contribution in [3.05, 3.63) is 132 Å². The van der Waals surface area contributed by atoms with Gasteiger partial charge in [0.2, 0.25) is 0 Å². The van der Waals surface area contributed by atoms with Crippen molar-refractivity contribution in [2.75, 3.05) is 0 Å². The molecule has 2 unspecified atom stereocenters. The van der Waals surface area contributed by atoms with Crippen LogP contribution in [0.5, 0.6) is 0 Å². The van der Waals surface area contributed by atoms with Gasteiger partial charge in [-0.25, -0.2) is 0 Å². The first-order chi connectivity index (χ1) is 16.3. The molecular weight excluding hydrogens is 634 g/mol. The molecule has 0 aromatic heterocycles. The van der Waals surface area contributed by atoms with Crippen LogP contribution in [0.2, 0.25) is 0 Å². The van der Waals surface area contributed by atoms with Gasteiger partial charge in [0.25, 0.3) is 0 Å². The standard InChI is InChI=1S/2C16H13.2ClH.Hf/c2*1-2-7-12-13-8-3-5-10-15(13)16-11-6-4-9-14(12)16;;;/h2*2-6,8,10-12H,1,7H2;2*1H;/q;;;;+2/p-2. The topological polar surface area (TPSA) is 0 Å². The Labute approximate surface area is 232 Å². The van der Waals surface area contributed by atoms with Gasteiger partial charge in [-0.2, -0.15) is 0 Å². The van der Waals surface area contributed by atoms with E-state index in [0.29, 0.717) is 11.8 Å². The Balaban J connectivity index is 0.00000144. The maximum absolute atomic E-state index is 4.09. The van der Waals surface area contributed by atoms with Crippen molar-refractivity contribution in [1.82, 2.24) is 0 Å². The number of hydrogen-bond donors (Lipinski definition) is 0. The van der Waals surface area contributed by atoms with Crippen LogP contribution in [-0.2, 0) is 22.9 Å². The first kappa shape index (κ1) is 25.9. The molecule has 0 amide bonds. The van der Waals surface area contributed by atoms with Gasteiger partial charge in [-0.3, -0.25) is 0 Å². The average Bonchev–Trinajstić information content (AvgIpc) is 3.35. The second-order valence-corrected chi connectivity index (χ2v) is 13.8. The zero-order chi connectivity index (χ0) is 22.4. The normalized spacial score (nSPS) is 15.9. The Morgan fingerprint density at radius 2 is 0.943 bits per heavy atom. The van der Waals surface area contributed by atoms with Gasteiger partial charge in [0.1, 0.15) is 0 Å². The molecule has 2 atom stereocenters. The molecule has 0 aliphatic heterocycles. The van der Waals surface area contributed by atoms with Crippen LogP contribution in [0.3, 0.4) is 0 Å². The fourth-order valence-electron chi connectivity index (χ4n) is 5.94. The number of halogens is 2. The second-order valence-electron chi connectivity index (χ2n) is 8.99. The largest absolute Gasteiger partial charge is 1.00 e. The van der Waals surface area contributed by atoms with E-state index >= 15 is 0 Å². The molecule has 0 radical (unpaired) electrons. The van der Waals surface area contributed by atoms with Crippen molar-refractivity contribution in [3.63, 3.8) is 0 Å². The zero-order valence-corrected chi connectivity index (χ0v) is 24.6. The van der Waals surface area contributed by atoms with Crippen molar-refractivity contribution in [1.29, 1.82) is 0 Å². The molecule has 0 nitrogen and oxygen atoms in total. The van der Waals surface area contributed by atoms with E-state index < -0.39 is 22.9 Å². The molecular formula is C32H26Cl2Hf. The molecule has 35 heavy (non-hydrogen) atoms. The summed E-state index contributed by atoms with van der Waals surface area (Å²) in [6, 6.07) is 32.0. The average molecular weight is 660 g/mol. The van der Waals surface area contributed by atoms with Gasteiger partial charge < -0.3 is 24.8 Å². The van der Waals surface area contributed by atoms with E-state index in [2.05, 4.69) is 110 Å². The van der Waals surface area contributed by atoms with Crippen molar-refractivity contribution in [2.45, 2.75) is 24.7 Å². The van der Waals surface area contributed by atoms with Gasteiger partial charge in [-0.1, -0.05) is 0 Å². The van der Waals surface area contributed by atoms with Crippen LogP contribution in [0.25, 0.3) is 22.3 Å². The fourth-order valence-corrected chi connectivity index (χ4v) is 11.5.